The van der Waals surface area contributed by atoms with Crippen molar-refractivity contribution in [3.63, 3.8) is 0 Å². The predicted molar refractivity (Wildman–Crippen MR) is 250 cm³/mol. The van der Waals surface area contributed by atoms with Gasteiger partial charge in [0.15, 0.2) is 46.0 Å². The lowest BCUT2D eigenvalue weighted by Crippen LogP contribution is -2.11. The third-order valence-electron chi connectivity index (χ3n) is 9.78. The predicted octanol–water partition coefficient (Wildman–Crippen LogP) is 13.7. The van der Waals surface area contributed by atoms with Crippen molar-refractivity contribution >= 4 is 0 Å². The molecule has 4 aliphatic rings. The second-order valence-corrected chi connectivity index (χ2v) is 18.4. The first-order valence-corrected chi connectivity index (χ1v) is 19.4. The van der Waals surface area contributed by atoms with Gasteiger partial charge < -0.3 is 47.4 Å². The number of hydrogen-bond acceptors (Lipinski definition) is 10. The lowest BCUT2D eigenvalue weighted by molar-refractivity contribution is 0.171. The zero-order chi connectivity index (χ0) is 41.9. The Morgan fingerprint density at radius 1 is 0.393 bits per heavy atom. The normalized spacial score (nSPS) is 13.4. The summed E-state index contributed by atoms with van der Waals surface area (Å²) in [5, 5.41) is 0. The van der Waals surface area contributed by atoms with Gasteiger partial charge in [-0.05, 0) is 87.2 Å². The molecule has 0 saturated heterocycles. The second kappa shape index (κ2) is 21.1. The van der Waals surface area contributed by atoms with Crippen molar-refractivity contribution < 1.29 is 47.4 Å². The molecule has 10 heteroatoms. The largest absolute Gasteiger partial charge is 0.493 e. The van der Waals surface area contributed by atoms with Gasteiger partial charge in [0.2, 0.25) is 38.7 Å². The maximum Gasteiger partial charge on any atom is 0.231 e. The van der Waals surface area contributed by atoms with Crippen molar-refractivity contribution in [1.29, 1.82) is 0 Å². The highest BCUT2D eigenvalue weighted by molar-refractivity contribution is 5.57. The van der Waals surface area contributed by atoms with Crippen LogP contribution in [0.5, 0.6) is 57.5 Å². The number of methoxy groups -OCH3 is 2. The van der Waals surface area contributed by atoms with Crippen LogP contribution in [0.2, 0.25) is 0 Å². The molecule has 0 radical (unpaired) electrons. The maximum absolute atomic E-state index is 5.43. The van der Waals surface area contributed by atoms with Crippen molar-refractivity contribution in [2.24, 2.45) is 0 Å². The lowest BCUT2D eigenvalue weighted by Gasteiger charge is -2.20. The Morgan fingerprint density at radius 2 is 0.738 bits per heavy atom. The van der Waals surface area contributed by atoms with Gasteiger partial charge in [0.25, 0.3) is 0 Å². The van der Waals surface area contributed by atoms with Gasteiger partial charge in [0.1, 0.15) is 0 Å². The molecule has 0 unspecified atom stereocenters. The van der Waals surface area contributed by atoms with E-state index in [-0.39, 0.29) is 65.0 Å². The smallest absolute Gasteiger partial charge is 0.231 e. The first-order chi connectivity index (χ1) is 26.6. The maximum atomic E-state index is 5.43. The highest BCUT2D eigenvalue weighted by atomic mass is 16.7. The SMILES string of the molecule is C.C.C.C.CC(C)(C)c1cccc2c1OCO2.COc1cc(C(C)(C)C)cc2c1OCO2.COc1cc(C(C)(C)C)cc2c1OCO2.Cc1cc(C(C)(C)C)cc2c1OCO2. The van der Waals surface area contributed by atoms with E-state index in [0.717, 1.165) is 51.6 Å². The van der Waals surface area contributed by atoms with Crippen LogP contribution in [0, 0.1) is 6.92 Å². The van der Waals surface area contributed by atoms with Crippen molar-refractivity contribution in [2.45, 2.75) is 141 Å². The van der Waals surface area contributed by atoms with Gasteiger partial charge in [-0.25, -0.2) is 0 Å². The molecule has 8 rings (SSSR count). The molecule has 0 atom stereocenters. The first kappa shape index (κ1) is 53.9. The van der Waals surface area contributed by atoms with Crippen LogP contribution in [0.15, 0.2) is 54.6 Å². The second-order valence-electron chi connectivity index (χ2n) is 18.4. The van der Waals surface area contributed by atoms with Crippen molar-refractivity contribution in [1.82, 2.24) is 0 Å². The van der Waals surface area contributed by atoms with E-state index in [1.165, 1.54) is 22.3 Å². The summed E-state index contributed by atoms with van der Waals surface area (Å²) in [6, 6.07) is 18.3. The minimum absolute atomic E-state index is 0. The monoisotopic (exact) mass is 851 g/mol. The molecule has 0 N–H and O–H groups in total. The molecule has 0 bridgehead atoms. The number of benzene rings is 4. The van der Waals surface area contributed by atoms with Crippen LogP contribution >= 0.6 is 0 Å². The zero-order valence-electron chi connectivity index (χ0n) is 36.6. The summed E-state index contributed by atoms with van der Waals surface area (Å²) in [7, 11) is 3.29. The van der Waals surface area contributed by atoms with Crippen molar-refractivity contribution in [3.8, 4) is 57.5 Å². The minimum Gasteiger partial charge on any atom is -0.493 e. The van der Waals surface area contributed by atoms with E-state index in [4.69, 9.17) is 47.4 Å². The van der Waals surface area contributed by atoms with Gasteiger partial charge in [0, 0.05) is 5.56 Å². The summed E-state index contributed by atoms with van der Waals surface area (Å²) >= 11 is 0. The molecule has 0 aromatic heterocycles. The molecule has 0 spiro atoms. The van der Waals surface area contributed by atoms with Gasteiger partial charge in [0.05, 0.1) is 14.2 Å². The van der Waals surface area contributed by atoms with Crippen LogP contribution in [0.3, 0.4) is 0 Å². The quantitative estimate of drug-likeness (QED) is 0.194. The fraction of sp³-hybridized carbons (Fsp3) is 0.529. The summed E-state index contributed by atoms with van der Waals surface area (Å²) < 4.78 is 53.5. The molecule has 4 aromatic rings. The molecule has 0 fully saturated rings. The van der Waals surface area contributed by atoms with Gasteiger partial charge in [-0.1, -0.05) is 131 Å². The van der Waals surface area contributed by atoms with Crippen molar-refractivity contribution in [2.75, 3.05) is 41.4 Å². The standard InChI is InChI=1S/2C12H16O3.C12H16O2.C11H14O2.4CH4/c2*1-12(2,3)8-5-9(13-4)11-10(6-8)14-7-15-11;1-8-5-9(12(2,3)4)6-10-11(8)14-7-13-10;1-11(2,3)8-5-4-6-9-10(8)13-7-12-9;;;;/h2*5-6H,7H2,1-4H3;5-6H,7H2,1-4H3;4-6H,7H2,1-3H3;4*1H4. The van der Waals surface area contributed by atoms with E-state index in [9.17, 15) is 0 Å². The number of para-hydroxylation sites is 1. The van der Waals surface area contributed by atoms with E-state index >= 15 is 0 Å². The van der Waals surface area contributed by atoms with E-state index in [1.54, 1.807) is 14.2 Å². The van der Waals surface area contributed by atoms with E-state index in [2.05, 4.69) is 108 Å². The van der Waals surface area contributed by atoms with E-state index < -0.39 is 0 Å². The van der Waals surface area contributed by atoms with Gasteiger partial charge in [-0.3, -0.25) is 0 Å². The minimum atomic E-state index is 0. The Balaban J connectivity index is 0.000000398. The van der Waals surface area contributed by atoms with Crippen LogP contribution in [-0.2, 0) is 21.7 Å². The Kier molecular flexibility index (Phi) is 18.6. The van der Waals surface area contributed by atoms with Crippen LogP contribution < -0.4 is 47.4 Å². The number of hydrogen-bond donors (Lipinski definition) is 0. The van der Waals surface area contributed by atoms with Crippen molar-refractivity contribution in [3.05, 3.63) is 82.4 Å². The molecule has 4 aromatic carbocycles. The average Bonchev–Trinajstić information content (AvgIpc) is 3.96. The Bertz CT molecular complexity index is 1950. The molecule has 0 amide bonds. The van der Waals surface area contributed by atoms with Gasteiger partial charge >= 0.3 is 0 Å². The summed E-state index contributed by atoms with van der Waals surface area (Å²) in [4.78, 5) is 0. The topological polar surface area (TPSA) is 92.3 Å². The first-order valence-electron chi connectivity index (χ1n) is 19.4. The third-order valence-corrected chi connectivity index (χ3v) is 9.78. The molecule has 0 saturated carbocycles. The summed E-state index contributed by atoms with van der Waals surface area (Å²) in [5.74, 6) is 8.04. The van der Waals surface area contributed by atoms with Crippen LogP contribution in [0.4, 0.5) is 0 Å². The molecule has 10 nitrogen and oxygen atoms in total. The number of aryl methyl sites for hydroxylation is 1. The van der Waals surface area contributed by atoms with Crippen LogP contribution in [0.1, 0.15) is 141 Å². The molecule has 342 valence electrons. The average molecular weight is 851 g/mol. The Hall–Kier alpha value is -5.12. The fourth-order valence-electron chi connectivity index (χ4n) is 6.26. The Morgan fingerprint density at radius 3 is 1.11 bits per heavy atom. The van der Waals surface area contributed by atoms with Gasteiger partial charge in [-0.2, -0.15) is 0 Å². The Labute approximate surface area is 369 Å². The lowest BCUT2D eigenvalue weighted by atomic mass is 9.86. The third kappa shape index (κ3) is 12.9. The molecule has 4 heterocycles. The molecule has 0 aliphatic carbocycles. The van der Waals surface area contributed by atoms with Crippen LogP contribution in [0.25, 0.3) is 0 Å². The zero-order valence-corrected chi connectivity index (χ0v) is 36.6. The fourth-order valence-corrected chi connectivity index (χ4v) is 6.26. The van der Waals surface area contributed by atoms with Crippen LogP contribution in [-0.4, -0.2) is 41.4 Å². The highest BCUT2D eigenvalue weighted by Crippen LogP contribution is 2.46. The summed E-state index contributed by atoms with van der Waals surface area (Å²) in [5.41, 5.74) is 6.45. The summed E-state index contributed by atoms with van der Waals surface area (Å²) in [6.07, 6.45) is 0. The number of ether oxygens (including phenoxy) is 10. The molecular formula is C51H78O10. The van der Waals surface area contributed by atoms with Gasteiger partial charge in [-0.15, -0.1) is 0 Å². The number of fused-ring (bicyclic) bond motifs is 4. The molecular weight excluding hydrogens is 773 g/mol. The summed E-state index contributed by atoms with van der Waals surface area (Å²) in [6.45, 7) is 29.4. The van der Waals surface area contributed by atoms with E-state index in [0.29, 0.717) is 25.1 Å². The molecule has 4 aliphatic heterocycles. The molecule has 61 heavy (non-hydrogen) atoms. The number of rotatable bonds is 2. The van der Waals surface area contributed by atoms with E-state index in [1.807, 2.05) is 36.4 Å². The highest BCUT2D eigenvalue weighted by Gasteiger charge is 2.27.